The van der Waals surface area contributed by atoms with Gasteiger partial charge in [0.25, 0.3) is 0 Å². The Balaban J connectivity index is 0.000000396. The van der Waals surface area contributed by atoms with E-state index in [1.807, 2.05) is 0 Å². The van der Waals surface area contributed by atoms with Crippen LogP contribution in [0.4, 0.5) is 0 Å². The quantitative estimate of drug-likeness (QED) is 0.528. The summed E-state index contributed by atoms with van der Waals surface area (Å²) in [5.74, 6) is 1.62. The fraction of sp³-hybridized carbons (Fsp3) is 0.944. The number of hydrogen-bond acceptors (Lipinski definition) is 2. The van der Waals surface area contributed by atoms with Gasteiger partial charge in [0.15, 0.2) is 0 Å². The molecule has 0 aromatic carbocycles. The third-order valence-electron chi connectivity index (χ3n) is 4.32. The summed E-state index contributed by atoms with van der Waals surface area (Å²) in [6.45, 7) is 10.8. The van der Waals surface area contributed by atoms with Gasteiger partial charge < -0.3 is 5.32 Å². The first-order valence-corrected chi connectivity index (χ1v) is 8.86. The van der Waals surface area contributed by atoms with Crippen LogP contribution in [0.25, 0.3) is 0 Å². The summed E-state index contributed by atoms with van der Waals surface area (Å²) in [7, 11) is 0. The molecule has 0 heterocycles. The topological polar surface area (TPSA) is 29.1 Å². The van der Waals surface area contributed by atoms with E-state index in [1.54, 1.807) is 6.92 Å². The Morgan fingerprint density at radius 2 is 1.75 bits per heavy atom. The third kappa shape index (κ3) is 10.4. The zero-order chi connectivity index (χ0) is 15.2. The molecule has 0 radical (unpaired) electrons. The average molecular weight is 284 g/mol. The number of hydrogen-bond donors (Lipinski definition) is 1. The Morgan fingerprint density at radius 1 is 1.05 bits per heavy atom. The van der Waals surface area contributed by atoms with Crippen molar-refractivity contribution in [2.24, 2.45) is 11.8 Å². The third-order valence-corrected chi connectivity index (χ3v) is 4.32. The lowest BCUT2D eigenvalue weighted by Gasteiger charge is -2.15. The fourth-order valence-corrected chi connectivity index (χ4v) is 2.81. The van der Waals surface area contributed by atoms with Crippen LogP contribution in [0.1, 0.15) is 85.5 Å². The Hall–Kier alpha value is -0.370. The minimum Gasteiger partial charge on any atom is -0.317 e. The van der Waals surface area contributed by atoms with Crippen molar-refractivity contribution in [3.05, 3.63) is 0 Å². The van der Waals surface area contributed by atoms with Crippen molar-refractivity contribution in [1.29, 1.82) is 0 Å². The van der Waals surface area contributed by atoms with Crippen LogP contribution in [-0.4, -0.2) is 18.9 Å². The molecule has 0 aliphatic heterocycles. The predicted octanol–water partition coefficient (Wildman–Crippen LogP) is 4.97. The molecule has 0 saturated heterocycles. The van der Waals surface area contributed by atoms with E-state index in [2.05, 4.69) is 26.1 Å². The summed E-state index contributed by atoms with van der Waals surface area (Å²) in [5.41, 5.74) is 0. The first-order chi connectivity index (χ1) is 9.65. The molecule has 2 atom stereocenters. The van der Waals surface area contributed by atoms with Crippen molar-refractivity contribution in [3.63, 3.8) is 0 Å². The van der Waals surface area contributed by atoms with Crippen LogP contribution in [0.3, 0.4) is 0 Å². The molecule has 1 N–H and O–H groups in total. The maximum atomic E-state index is 11.2. The van der Waals surface area contributed by atoms with Crippen molar-refractivity contribution >= 4 is 5.78 Å². The molecule has 1 fully saturated rings. The molecule has 1 saturated carbocycles. The summed E-state index contributed by atoms with van der Waals surface area (Å²) in [4.78, 5) is 11.2. The molecule has 0 bridgehead atoms. The molecule has 2 nitrogen and oxygen atoms in total. The first-order valence-electron chi connectivity index (χ1n) is 8.86. The van der Waals surface area contributed by atoms with Crippen LogP contribution in [0, 0.1) is 11.8 Å². The lowest BCUT2D eigenvalue weighted by Crippen LogP contribution is -2.15. The van der Waals surface area contributed by atoms with E-state index < -0.39 is 0 Å². The van der Waals surface area contributed by atoms with Crippen molar-refractivity contribution in [2.45, 2.75) is 85.5 Å². The zero-order valence-corrected chi connectivity index (χ0v) is 14.3. The molecule has 1 aliphatic rings. The average Bonchev–Trinajstić information content (AvgIpc) is 2.70. The zero-order valence-electron chi connectivity index (χ0n) is 14.3. The second kappa shape index (κ2) is 13.6. The Kier molecular flexibility index (Phi) is 13.4. The van der Waals surface area contributed by atoms with Gasteiger partial charge in [-0.2, -0.15) is 0 Å². The number of ketones is 1. The van der Waals surface area contributed by atoms with Gasteiger partial charge in [0, 0.05) is 5.92 Å². The largest absolute Gasteiger partial charge is 0.317 e. The maximum Gasteiger partial charge on any atom is 0.132 e. The second-order valence-corrected chi connectivity index (χ2v) is 6.21. The van der Waals surface area contributed by atoms with Gasteiger partial charge in [0.2, 0.25) is 0 Å². The Labute approximate surface area is 127 Å². The minimum atomic E-state index is 0.387. The number of carbonyl (C=O) groups excluding carboxylic acids is 1. The Bertz CT molecular complexity index is 221. The number of rotatable bonds is 7. The van der Waals surface area contributed by atoms with Gasteiger partial charge in [-0.3, -0.25) is 4.79 Å². The molecular formula is C18H37NO. The van der Waals surface area contributed by atoms with Crippen LogP contribution in [0.2, 0.25) is 0 Å². The van der Waals surface area contributed by atoms with Crippen LogP contribution in [-0.2, 0) is 4.79 Å². The highest BCUT2D eigenvalue weighted by atomic mass is 16.1. The maximum absolute atomic E-state index is 11.2. The highest BCUT2D eigenvalue weighted by molar-refractivity contribution is 5.78. The summed E-state index contributed by atoms with van der Waals surface area (Å²) >= 11 is 0. The molecule has 20 heavy (non-hydrogen) atoms. The molecule has 2 unspecified atom stereocenters. The number of carbonyl (C=O) groups is 1. The molecule has 0 amide bonds. The normalized spacial score (nSPS) is 22.6. The molecule has 0 aromatic heterocycles. The van der Waals surface area contributed by atoms with E-state index in [0.29, 0.717) is 11.7 Å². The molecule has 2 heteroatoms. The highest BCUT2D eigenvalue weighted by Gasteiger charge is 2.21. The van der Waals surface area contributed by atoms with Gasteiger partial charge in [-0.1, -0.05) is 52.9 Å². The summed E-state index contributed by atoms with van der Waals surface area (Å²) in [6, 6.07) is 0. The van der Waals surface area contributed by atoms with Crippen LogP contribution in [0.5, 0.6) is 0 Å². The van der Waals surface area contributed by atoms with E-state index >= 15 is 0 Å². The minimum absolute atomic E-state index is 0.387. The first kappa shape index (κ1) is 19.6. The molecule has 0 aromatic rings. The fourth-order valence-electron chi connectivity index (χ4n) is 2.81. The molecule has 120 valence electrons. The number of unbranched alkanes of at least 4 members (excludes halogenated alkanes) is 1. The standard InChI is InChI=1S/C11H20O.C7H17N/c1-3-10-6-4-5-7-11(8-10)9(2)12;1-3-5-7-8-6-4-2/h10-11H,3-8H2,1-2H3;8H,3-7H2,1-2H3. The van der Waals surface area contributed by atoms with Crippen LogP contribution < -0.4 is 5.32 Å². The van der Waals surface area contributed by atoms with Gasteiger partial charge in [-0.15, -0.1) is 0 Å². The van der Waals surface area contributed by atoms with Crippen LogP contribution >= 0.6 is 0 Å². The number of Topliss-reactive ketones (excluding diaryl/α,β-unsaturated/α-hetero) is 1. The van der Waals surface area contributed by atoms with Gasteiger partial charge in [0.1, 0.15) is 5.78 Å². The van der Waals surface area contributed by atoms with Crippen LogP contribution in [0.15, 0.2) is 0 Å². The SMILES string of the molecule is CCC1CCCCC(C(C)=O)C1.CCCCNCCC. The second-order valence-electron chi connectivity index (χ2n) is 6.21. The molecular weight excluding hydrogens is 246 g/mol. The van der Waals surface area contributed by atoms with Crippen molar-refractivity contribution in [2.75, 3.05) is 13.1 Å². The summed E-state index contributed by atoms with van der Waals surface area (Å²) in [5, 5.41) is 3.34. The predicted molar refractivity (Wildman–Crippen MR) is 89.1 cm³/mol. The van der Waals surface area contributed by atoms with Gasteiger partial charge in [0.05, 0.1) is 0 Å². The molecule has 1 aliphatic carbocycles. The monoisotopic (exact) mass is 283 g/mol. The molecule has 1 rings (SSSR count). The van der Waals surface area contributed by atoms with Crippen molar-refractivity contribution in [3.8, 4) is 0 Å². The summed E-state index contributed by atoms with van der Waals surface area (Å²) < 4.78 is 0. The number of nitrogens with one attached hydrogen (secondary N) is 1. The van der Waals surface area contributed by atoms with Crippen molar-refractivity contribution < 1.29 is 4.79 Å². The van der Waals surface area contributed by atoms with E-state index in [0.717, 1.165) is 18.8 Å². The Morgan fingerprint density at radius 3 is 2.30 bits per heavy atom. The van der Waals surface area contributed by atoms with E-state index in [9.17, 15) is 4.79 Å². The van der Waals surface area contributed by atoms with Crippen molar-refractivity contribution in [1.82, 2.24) is 5.32 Å². The highest BCUT2D eigenvalue weighted by Crippen LogP contribution is 2.29. The molecule has 0 spiro atoms. The van der Waals surface area contributed by atoms with E-state index in [1.165, 1.54) is 58.0 Å². The lowest BCUT2D eigenvalue weighted by atomic mass is 9.89. The summed E-state index contributed by atoms with van der Waals surface area (Å²) in [6.07, 6.45) is 11.4. The van der Waals surface area contributed by atoms with Gasteiger partial charge >= 0.3 is 0 Å². The van der Waals surface area contributed by atoms with Gasteiger partial charge in [-0.25, -0.2) is 0 Å². The smallest absolute Gasteiger partial charge is 0.132 e. The van der Waals surface area contributed by atoms with E-state index in [-0.39, 0.29) is 0 Å². The van der Waals surface area contributed by atoms with E-state index in [4.69, 9.17) is 0 Å². The van der Waals surface area contributed by atoms with Gasteiger partial charge in [-0.05, 0) is 51.6 Å². The lowest BCUT2D eigenvalue weighted by molar-refractivity contribution is -0.121.